The number of hydrogen-bond acceptors (Lipinski definition) is 9. The number of epoxide rings is 1. The van der Waals surface area contributed by atoms with Crippen LogP contribution >= 0.6 is 0 Å². The molecule has 10 aliphatic rings. The third-order valence-electron chi connectivity index (χ3n) is 20.7. The molecule has 17 atom stereocenters. The van der Waals surface area contributed by atoms with E-state index in [1.54, 1.807) is 0 Å². The van der Waals surface area contributed by atoms with E-state index in [4.69, 9.17) is 15.2 Å². The number of ketones is 1. The lowest BCUT2D eigenvalue weighted by Gasteiger charge is -2.73. The molecule has 1 spiro atoms. The van der Waals surface area contributed by atoms with Crippen LogP contribution in [-0.4, -0.2) is 81.1 Å². The number of aliphatic hydroxyl groups is 4. The van der Waals surface area contributed by atoms with Crippen LogP contribution in [0, 0.1) is 74.9 Å². The van der Waals surface area contributed by atoms with E-state index >= 15 is 4.79 Å². The molecule has 63 heavy (non-hydrogen) atoms. The van der Waals surface area contributed by atoms with Gasteiger partial charge in [0.2, 0.25) is 0 Å². The van der Waals surface area contributed by atoms with Gasteiger partial charge < -0.3 is 41.0 Å². The molecule has 1 aromatic carbocycles. The van der Waals surface area contributed by atoms with Gasteiger partial charge in [0, 0.05) is 42.2 Å². The maximum Gasteiger partial charge on any atom is 0.162 e. The molecule has 2 saturated heterocycles. The van der Waals surface area contributed by atoms with Crippen LogP contribution in [0.3, 0.4) is 0 Å². The number of hydrogen-bond donors (Lipinski definition) is 6. The smallest absolute Gasteiger partial charge is 0.162 e. The number of fused-ring (bicyclic) bond motifs is 3. The van der Waals surface area contributed by atoms with Crippen LogP contribution in [0.2, 0.25) is 0 Å². The number of rotatable bonds is 8. The molecule has 0 amide bonds. The highest BCUT2D eigenvalue weighted by atomic mass is 16.6. The van der Waals surface area contributed by atoms with Crippen molar-refractivity contribution in [1.29, 1.82) is 0 Å². The summed E-state index contributed by atoms with van der Waals surface area (Å²) in [5.74, 6) is 8.34. The van der Waals surface area contributed by atoms with Crippen molar-refractivity contribution in [2.45, 2.75) is 160 Å². The molecule has 3 heterocycles. The molecule has 3 aliphatic heterocycles. The summed E-state index contributed by atoms with van der Waals surface area (Å²) < 4.78 is 14.3. The average Bonchev–Trinajstić information content (AvgIpc) is 4.04. The number of allylic oxidation sites excluding steroid dienone is 3. The van der Waals surface area contributed by atoms with E-state index in [0.717, 1.165) is 68.1 Å². The van der Waals surface area contributed by atoms with Crippen LogP contribution in [0.15, 0.2) is 59.0 Å². The lowest BCUT2D eigenvalue weighted by molar-refractivity contribution is -0.243. The summed E-state index contributed by atoms with van der Waals surface area (Å²) in [5, 5.41) is 53.0. The molecule has 0 radical (unpaired) electrons. The van der Waals surface area contributed by atoms with Crippen LogP contribution < -0.4 is 11.1 Å². The predicted molar refractivity (Wildman–Crippen MR) is 240 cm³/mol. The van der Waals surface area contributed by atoms with Crippen LogP contribution in [0.5, 0.6) is 0 Å². The first-order valence-electron chi connectivity index (χ1n) is 24.7. The zero-order valence-corrected chi connectivity index (χ0v) is 38.3. The van der Waals surface area contributed by atoms with Gasteiger partial charge in [0.15, 0.2) is 5.78 Å². The first-order valence-corrected chi connectivity index (χ1v) is 24.7. The molecular formula is C54H72N2O7. The number of Topliss-reactive ketones (excluding diaryl/α,β-unsaturated/α-hetero) is 1. The monoisotopic (exact) mass is 861 g/mol. The van der Waals surface area contributed by atoms with Crippen molar-refractivity contribution in [2.75, 3.05) is 19.8 Å². The molecule has 9 nitrogen and oxygen atoms in total. The van der Waals surface area contributed by atoms with Crippen LogP contribution in [0.1, 0.15) is 123 Å². The van der Waals surface area contributed by atoms with Gasteiger partial charge in [-0.05, 0) is 165 Å². The normalized spacial score (nSPS) is 47.5. The van der Waals surface area contributed by atoms with Gasteiger partial charge in [0.1, 0.15) is 17.8 Å². The molecular weight excluding hydrogens is 789 g/mol. The van der Waals surface area contributed by atoms with Crippen LogP contribution in [0.4, 0.5) is 0 Å². The van der Waals surface area contributed by atoms with Gasteiger partial charge in [0.05, 0.1) is 29.7 Å². The number of nitrogens with two attached hydrogens (primary N) is 1. The largest absolute Gasteiger partial charge is 0.396 e. The van der Waals surface area contributed by atoms with Gasteiger partial charge in [-0.1, -0.05) is 69.9 Å². The van der Waals surface area contributed by atoms with E-state index in [9.17, 15) is 20.4 Å². The fraction of sp³-hybridized carbons (Fsp3) is 0.722. The van der Waals surface area contributed by atoms with E-state index in [1.165, 1.54) is 11.1 Å². The Morgan fingerprint density at radius 2 is 1.86 bits per heavy atom. The minimum absolute atomic E-state index is 0.0165. The number of ether oxygens (including phenoxy) is 2. The van der Waals surface area contributed by atoms with E-state index in [0.29, 0.717) is 63.4 Å². The Hall–Kier alpha value is -2.97. The number of dihydropyridines is 1. The highest BCUT2D eigenvalue weighted by molar-refractivity contribution is 6.01. The lowest BCUT2D eigenvalue weighted by Crippen LogP contribution is -2.73. The van der Waals surface area contributed by atoms with Gasteiger partial charge in [-0.15, -0.1) is 0 Å². The first-order chi connectivity index (χ1) is 30.0. The van der Waals surface area contributed by atoms with Crippen molar-refractivity contribution in [3.05, 3.63) is 70.1 Å². The van der Waals surface area contributed by atoms with E-state index in [-0.39, 0.29) is 53.3 Å². The SMILES string of the molecule is C[C@@H]1CCO[C@]([C@H]2C[C@@H]3CCC4=C5[C@@H]6[C@]7(CCc8ccccc8CC#C[C@H](C7)[C@H]7C[C@H](O)C[C@@H](C4=O)[C@]76C)C[C@@]2(C)[C@]53O)([C@H]2O[C@@H]2[C@](C)(O)[C@](C)(CO)CCC2=CCNC(N)=C2)C1. The maximum absolute atomic E-state index is 15.3. The first kappa shape index (κ1) is 42.7. The zero-order valence-electron chi connectivity index (χ0n) is 38.3. The molecule has 4 saturated carbocycles. The molecule has 9 heteroatoms. The third-order valence-corrected chi connectivity index (χ3v) is 20.7. The van der Waals surface area contributed by atoms with Crippen molar-refractivity contribution in [2.24, 2.45) is 68.8 Å². The van der Waals surface area contributed by atoms with E-state index < -0.39 is 51.4 Å². The topological polar surface area (TPSA) is 158 Å². The van der Waals surface area contributed by atoms with Crippen molar-refractivity contribution >= 4 is 5.78 Å². The average molecular weight is 861 g/mol. The number of carbonyl (C=O) groups is 1. The molecule has 2 bridgehead atoms. The van der Waals surface area contributed by atoms with Gasteiger partial charge in [-0.2, -0.15) is 0 Å². The number of aliphatic hydroxyl groups excluding tert-OH is 2. The summed E-state index contributed by atoms with van der Waals surface area (Å²) in [7, 11) is 0. The second-order valence-corrected chi connectivity index (χ2v) is 23.7. The highest BCUT2D eigenvalue weighted by Gasteiger charge is 2.82. The van der Waals surface area contributed by atoms with Gasteiger partial charge in [-0.25, -0.2) is 0 Å². The summed E-state index contributed by atoms with van der Waals surface area (Å²) in [5.41, 5.74) is 6.15. The Labute approximate surface area is 374 Å². The van der Waals surface area contributed by atoms with Crippen molar-refractivity contribution in [3.8, 4) is 11.8 Å². The molecule has 340 valence electrons. The maximum atomic E-state index is 15.3. The second kappa shape index (κ2) is 14.3. The summed E-state index contributed by atoms with van der Waals surface area (Å²) >= 11 is 0. The summed E-state index contributed by atoms with van der Waals surface area (Å²) in [6, 6.07) is 8.79. The molecule has 7 N–H and O–H groups in total. The minimum atomic E-state index is -1.39. The minimum Gasteiger partial charge on any atom is -0.396 e. The van der Waals surface area contributed by atoms with Crippen molar-refractivity contribution in [1.82, 2.24) is 5.32 Å². The van der Waals surface area contributed by atoms with Crippen molar-refractivity contribution < 1.29 is 34.7 Å². The van der Waals surface area contributed by atoms with E-state index in [1.807, 2.05) is 19.9 Å². The standard InChI is InChI=1S/C54H72N2O7/c1-31-18-22-62-53(27-31,47-46(63-47)51(5,60)48(2,30-57)19-15-32-17-21-56-42(55)23-32)41-24-36-13-14-38-43-45-50(4)39(25-37(58)26-40(50)44(38)59)35-12-8-11-33-9-6-7-10-34(33)16-20-52(45,28-35)29-49(41,3)54(36,43)61/h6-7,9-10,17,23,31,35-37,39-41,45-47,56-58,60-61H,11,13-16,18-22,24-30,55H2,1-5H3/t31-,35-,36+,37+,39-,40+,41+,45+,46+,47+,48+,49-,50+,51+,52+,53-,54-/m1/s1. The Balaban J connectivity index is 1.04. The van der Waals surface area contributed by atoms with Gasteiger partial charge in [0.25, 0.3) is 0 Å². The summed E-state index contributed by atoms with van der Waals surface area (Å²) in [4.78, 5) is 15.3. The Bertz CT molecular complexity index is 2250. The Morgan fingerprint density at radius 1 is 1.06 bits per heavy atom. The number of nitrogens with one attached hydrogen (secondary N) is 1. The van der Waals surface area contributed by atoms with Gasteiger partial charge >= 0.3 is 0 Å². The molecule has 1 aromatic rings. The fourth-order valence-electron chi connectivity index (χ4n) is 17.4. The zero-order chi connectivity index (χ0) is 44.1. The molecule has 0 aromatic heterocycles. The van der Waals surface area contributed by atoms with Crippen molar-refractivity contribution in [3.63, 3.8) is 0 Å². The summed E-state index contributed by atoms with van der Waals surface area (Å²) in [6.07, 6.45) is 13.0. The number of benzene rings is 1. The van der Waals surface area contributed by atoms with E-state index in [2.05, 4.69) is 68.3 Å². The lowest BCUT2D eigenvalue weighted by atomic mass is 9.31. The quantitative estimate of drug-likeness (QED) is 0.128. The van der Waals surface area contributed by atoms with Gasteiger partial charge in [-0.3, -0.25) is 4.79 Å². The molecule has 11 rings (SSSR count). The fourth-order valence-corrected chi connectivity index (χ4v) is 17.4. The van der Waals surface area contributed by atoms with Crippen LogP contribution in [0.25, 0.3) is 0 Å². The molecule has 7 aliphatic carbocycles. The molecule has 6 fully saturated rings. The highest BCUT2D eigenvalue weighted by Crippen LogP contribution is 2.81. The number of carbonyl (C=O) groups excluding carboxylic acids is 1. The predicted octanol–water partition coefficient (Wildman–Crippen LogP) is 6.46. The number of aryl methyl sites for hydroxylation is 1. The Morgan fingerprint density at radius 3 is 2.62 bits per heavy atom. The third kappa shape index (κ3) is 5.73. The Kier molecular flexibility index (Phi) is 9.66. The molecule has 0 unspecified atom stereocenters. The van der Waals surface area contributed by atoms with Crippen LogP contribution in [-0.2, 0) is 27.1 Å². The second-order valence-electron chi connectivity index (χ2n) is 23.7. The summed E-state index contributed by atoms with van der Waals surface area (Å²) in [6.45, 7) is 11.9.